The number of anilines is 1. The Morgan fingerprint density at radius 2 is 2.04 bits per heavy atom. The maximum absolute atomic E-state index is 12.5. The van der Waals surface area contributed by atoms with Crippen molar-refractivity contribution in [2.75, 3.05) is 18.0 Å². The Labute approximate surface area is 169 Å². The number of thiophene rings is 1. The second kappa shape index (κ2) is 8.89. The van der Waals surface area contributed by atoms with Crippen LogP contribution in [0.5, 0.6) is 5.75 Å². The average Bonchev–Trinajstić information content (AvgIpc) is 3.45. The first-order valence-corrected chi connectivity index (χ1v) is 10.4. The molecule has 4 rings (SSSR count). The zero-order valence-electron chi connectivity index (χ0n) is 15.6. The summed E-state index contributed by atoms with van der Waals surface area (Å²) in [5.41, 5.74) is 1.58. The molecule has 28 heavy (non-hydrogen) atoms. The summed E-state index contributed by atoms with van der Waals surface area (Å²) in [6.45, 7) is 3.12. The molecule has 1 fully saturated rings. The van der Waals surface area contributed by atoms with Gasteiger partial charge in [-0.05, 0) is 54.1 Å². The number of nitrogens with zero attached hydrogens (tertiary/aromatic N) is 2. The Bertz CT molecular complexity index is 904. The molecule has 1 aliphatic rings. The molecule has 0 radical (unpaired) electrons. The van der Waals surface area contributed by atoms with Gasteiger partial charge in [0.2, 0.25) is 0 Å². The number of amides is 1. The molecule has 1 N–H and O–H groups in total. The third kappa shape index (κ3) is 4.70. The van der Waals surface area contributed by atoms with Crippen molar-refractivity contribution in [3.8, 4) is 5.75 Å². The second-order valence-electron chi connectivity index (χ2n) is 6.80. The summed E-state index contributed by atoms with van der Waals surface area (Å²) >= 11 is 1.65. The second-order valence-corrected chi connectivity index (χ2v) is 7.83. The minimum absolute atomic E-state index is 0.120. The lowest BCUT2D eigenvalue weighted by Gasteiger charge is -2.16. The van der Waals surface area contributed by atoms with Gasteiger partial charge in [0.25, 0.3) is 5.91 Å². The van der Waals surface area contributed by atoms with E-state index in [4.69, 9.17) is 4.74 Å². The Kier molecular flexibility index (Phi) is 5.87. The molecular weight excluding hydrogens is 370 g/mol. The van der Waals surface area contributed by atoms with E-state index in [9.17, 15) is 4.79 Å². The molecule has 144 valence electrons. The number of carbonyl (C=O) groups excluding carboxylic acids is 1. The zero-order valence-corrected chi connectivity index (χ0v) is 16.5. The van der Waals surface area contributed by atoms with Gasteiger partial charge >= 0.3 is 0 Å². The van der Waals surface area contributed by atoms with Gasteiger partial charge in [0, 0.05) is 36.3 Å². The van der Waals surface area contributed by atoms with Crippen LogP contribution in [0.3, 0.4) is 0 Å². The summed E-state index contributed by atoms with van der Waals surface area (Å²) in [5, 5.41) is 4.98. The predicted octanol–water partition coefficient (Wildman–Crippen LogP) is 4.25. The molecule has 1 aliphatic heterocycles. The van der Waals surface area contributed by atoms with Gasteiger partial charge in [-0.25, -0.2) is 4.98 Å². The highest BCUT2D eigenvalue weighted by Crippen LogP contribution is 2.19. The number of nitrogens with one attached hydrogen (secondary N) is 1. The van der Waals surface area contributed by atoms with E-state index in [1.165, 1.54) is 12.8 Å². The van der Waals surface area contributed by atoms with Crippen molar-refractivity contribution in [1.29, 1.82) is 0 Å². The predicted molar refractivity (Wildman–Crippen MR) is 112 cm³/mol. The molecule has 0 saturated carbocycles. The highest BCUT2D eigenvalue weighted by molar-refractivity contribution is 7.09. The van der Waals surface area contributed by atoms with Gasteiger partial charge in [0.1, 0.15) is 18.2 Å². The zero-order chi connectivity index (χ0) is 19.2. The molecule has 5 nitrogen and oxygen atoms in total. The number of pyridine rings is 1. The summed E-state index contributed by atoms with van der Waals surface area (Å²) in [5.74, 6) is 1.59. The van der Waals surface area contributed by atoms with E-state index in [-0.39, 0.29) is 5.91 Å². The molecule has 1 amide bonds. The molecule has 3 heterocycles. The van der Waals surface area contributed by atoms with E-state index in [2.05, 4.69) is 15.2 Å². The number of hydrogen-bond acceptors (Lipinski definition) is 5. The van der Waals surface area contributed by atoms with Crippen molar-refractivity contribution >= 4 is 23.1 Å². The van der Waals surface area contributed by atoms with Gasteiger partial charge < -0.3 is 15.0 Å². The quantitative estimate of drug-likeness (QED) is 0.652. The van der Waals surface area contributed by atoms with Crippen LogP contribution >= 0.6 is 11.3 Å². The standard InChI is InChI=1S/C22H23N3O2S/c26-22(18-5-3-6-19(13-18)27-16-20-7-4-12-28-20)24-15-17-8-9-21(23-14-17)25-10-1-2-11-25/h3-9,12-14H,1-2,10-11,15-16H2,(H,24,26). The van der Waals surface area contributed by atoms with Crippen LogP contribution in [0.4, 0.5) is 5.82 Å². The molecule has 0 spiro atoms. The van der Waals surface area contributed by atoms with Crippen LogP contribution in [-0.2, 0) is 13.2 Å². The van der Waals surface area contributed by atoms with Crippen LogP contribution in [0.15, 0.2) is 60.1 Å². The summed E-state index contributed by atoms with van der Waals surface area (Å²) in [4.78, 5) is 20.5. The van der Waals surface area contributed by atoms with Crippen LogP contribution in [0.1, 0.15) is 33.6 Å². The first-order chi connectivity index (χ1) is 13.8. The van der Waals surface area contributed by atoms with E-state index in [0.717, 1.165) is 29.3 Å². The van der Waals surface area contributed by atoms with Gasteiger partial charge in [0.05, 0.1) is 0 Å². The summed E-state index contributed by atoms with van der Waals surface area (Å²) in [6.07, 6.45) is 4.31. The Balaban J connectivity index is 1.31. The molecule has 1 aromatic carbocycles. The topological polar surface area (TPSA) is 54.5 Å². The fourth-order valence-corrected chi connectivity index (χ4v) is 3.83. The van der Waals surface area contributed by atoms with Crippen LogP contribution in [0, 0.1) is 0 Å². The third-order valence-electron chi connectivity index (χ3n) is 4.75. The lowest BCUT2D eigenvalue weighted by Crippen LogP contribution is -2.23. The third-order valence-corrected chi connectivity index (χ3v) is 5.60. The molecule has 1 saturated heterocycles. The molecule has 0 aliphatic carbocycles. The van der Waals surface area contributed by atoms with Crippen molar-refractivity contribution in [2.45, 2.75) is 26.0 Å². The lowest BCUT2D eigenvalue weighted by molar-refractivity contribution is 0.0950. The van der Waals surface area contributed by atoms with Crippen LogP contribution in [-0.4, -0.2) is 24.0 Å². The fourth-order valence-electron chi connectivity index (χ4n) is 3.22. The maximum Gasteiger partial charge on any atom is 0.251 e. The summed E-state index contributed by atoms with van der Waals surface area (Å²) in [6, 6.07) is 15.4. The van der Waals surface area contributed by atoms with Crippen molar-refractivity contribution in [2.24, 2.45) is 0 Å². The Hall–Kier alpha value is -2.86. The number of carbonyl (C=O) groups is 1. The Morgan fingerprint density at radius 1 is 1.14 bits per heavy atom. The van der Waals surface area contributed by atoms with Gasteiger partial charge in [-0.15, -0.1) is 11.3 Å². The highest BCUT2D eigenvalue weighted by atomic mass is 32.1. The number of ether oxygens (including phenoxy) is 1. The molecule has 0 bridgehead atoms. The average molecular weight is 394 g/mol. The van der Waals surface area contributed by atoms with E-state index >= 15 is 0 Å². The molecular formula is C22H23N3O2S. The minimum atomic E-state index is -0.120. The molecule has 0 atom stereocenters. The van der Waals surface area contributed by atoms with Crippen molar-refractivity contribution < 1.29 is 9.53 Å². The van der Waals surface area contributed by atoms with E-state index < -0.39 is 0 Å². The number of rotatable bonds is 7. The number of benzene rings is 1. The van der Waals surface area contributed by atoms with E-state index in [1.54, 1.807) is 23.5 Å². The SMILES string of the molecule is O=C(NCc1ccc(N2CCCC2)nc1)c1cccc(OCc2cccs2)c1. The van der Waals surface area contributed by atoms with Crippen LogP contribution < -0.4 is 15.0 Å². The monoisotopic (exact) mass is 393 g/mol. The van der Waals surface area contributed by atoms with Gasteiger partial charge in [-0.3, -0.25) is 4.79 Å². The first kappa shape index (κ1) is 18.5. The van der Waals surface area contributed by atoms with Crippen LogP contribution in [0.2, 0.25) is 0 Å². The molecule has 2 aromatic heterocycles. The van der Waals surface area contributed by atoms with E-state index in [0.29, 0.717) is 24.5 Å². The summed E-state index contributed by atoms with van der Waals surface area (Å²) in [7, 11) is 0. The van der Waals surface area contributed by atoms with Crippen molar-refractivity contribution in [3.63, 3.8) is 0 Å². The fraction of sp³-hybridized carbons (Fsp3) is 0.273. The summed E-state index contributed by atoms with van der Waals surface area (Å²) < 4.78 is 5.78. The smallest absolute Gasteiger partial charge is 0.251 e. The van der Waals surface area contributed by atoms with Gasteiger partial charge in [0.15, 0.2) is 0 Å². The number of aromatic nitrogens is 1. The first-order valence-electron chi connectivity index (χ1n) is 9.51. The van der Waals surface area contributed by atoms with Gasteiger partial charge in [-0.1, -0.05) is 18.2 Å². The molecule has 3 aromatic rings. The molecule has 6 heteroatoms. The normalized spacial score (nSPS) is 13.5. The van der Waals surface area contributed by atoms with Crippen molar-refractivity contribution in [1.82, 2.24) is 10.3 Å². The maximum atomic E-state index is 12.5. The molecule has 0 unspecified atom stereocenters. The largest absolute Gasteiger partial charge is 0.488 e. The number of hydrogen-bond donors (Lipinski definition) is 1. The van der Waals surface area contributed by atoms with Crippen molar-refractivity contribution in [3.05, 3.63) is 76.1 Å². The van der Waals surface area contributed by atoms with Crippen LogP contribution in [0.25, 0.3) is 0 Å². The minimum Gasteiger partial charge on any atom is -0.488 e. The lowest BCUT2D eigenvalue weighted by atomic mass is 10.2. The van der Waals surface area contributed by atoms with E-state index in [1.807, 2.05) is 48.0 Å². The highest BCUT2D eigenvalue weighted by Gasteiger charge is 2.13. The Morgan fingerprint density at radius 3 is 2.79 bits per heavy atom. The van der Waals surface area contributed by atoms with Gasteiger partial charge in [-0.2, -0.15) is 0 Å².